The first-order valence-electron chi connectivity index (χ1n) is 7.06. The second-order valence-corrected chi connectivity index (χ2v) is 4.98. The van der Waals surface area contributed by atoms with Crippen LogP contribution in [-0.2, 0) is 4.79 Å². The number of aliphatic hydroxyl groups excluding tert-OH is 1. The molecule has 0 atom stereocenters. The maximum atomic E-state index is 11.7. The molecule has 0 spiro atoms. The monoisotopic (exact) mass is 324 g/mol. The van der Waals surface area contributed by atoms with Gasteiger partial charge in [0, 0.05) is 6.08 Å². The third kappa shape index (κ3) is 5.06. The van der Waals surface area contributed by atoms with Crippen LogP contribution in [0.15, 0.2) is 66.5 Å². The lowest BCUT2D eigenvalue weighted by Gasteiger charge is -1.98. The summed E-state index contributed by atoms with van der Waals surface area (Å²) in [6.45, 7) is 0. The van der Waals surface area contributed by atoms with E-state index in [2.05, 4.69) is 0 Å². The van der Waals surface area contributed by atoms with Crippen molar-refractivity contribution in [2.45, 2.75) is 0 Å². The molecule has 5 nitrogen and oxygen atoms in total. The molecule has 122 valence electrons. The number of phenols is 3. The number of phenolic OH excluding ortho intramolecular Hbond substituents is 3. The fourth-order valence-corrected chi connectivity index (χ4v) is 1.83. The highest BCUT2D eigenvalue weighted by molar-refractivity contribution is 6.02. The summed E-state index contributed by atoms with van der Waals surface area (Å²) in [5.41, 5.74) is 1.29. The molecule has 0 amide bonds. The maximum Gasteiger partial charge on any atom is 0.182 e. The number of benzene rings is 2. The Balaban J connectivity index is 2.01. The number of hydrogen-bond acceptors (Lipinski definition) is 5. The van der Waals surface area contributed by atoms with Crippen LogP contribution < -0.4 is 0 Å². The molecule has 0 saturated heterocycles. The maximum absolute atomic E-state index is 11.7. The second-order valence-electron chi connectivity index (χ2n) is 4.98. The lowest BCUT2D eigenvalue weighted by molar-refractivity contribution is -0.110. The van der Waals surface area contributed by atoms with E-state index in [-0.39, 0.29) is 23.0 Å². The molecular formula is C19H16O5. The molecule has 0 heterocycles. The van der Waals surface area contributed by atoms with Gasteiger partial charge >= 0.3 is 0 Å². The average molecular weight is 324 g/mol. The van der Waals surface area contributed by atoms with Gasteiger partial charge in [0.15, 0.2) is 17.3 Å². The van der Waals surface area contributed by atoms with Gasteiger partial charge in [0.2, 0.25) is 0 Å². The van der Waals surface area contributed by atoms with Crippen molar-refractivity contribution < 1.29 is 25.2 Å². The predicted octanol–water partition coefficient (Wildman–Crippen LogP) is 3.54. The van der Waals surface area contributed by atoms with Crippen molar-refractivity contribution >= 4 is 17.9 Å². The molecule has 0 aliphatic carbocycles. The van der Waals surface area contributed by atoms with Gasteiger partial charge in [-0.15, -0.1) is 0 Å². The van der Waals surface area contributed by atoms with E-state index in [9.17, 15) is 20.1 Å². The fraction of sp³-hybridized carbons (Fsp3) is 0. The summed E-state index contributed by atoms with van der Waals surface area (Å²) in [6, 6.07) is 10.5. The number of allylic oxidation sites excluding steroid dienone is 3. The molecule has 0 radical (unpaired) electrons. The number of ketones is 1. The number of carbonyl (C=O) groups excluding carboxylic acids is 1. The van der Waals surface area contributed by atoms with Gasteiger partial charge in [-0.05, 0) is 47.5 Å². The summed E-state index contributed by atoms with van der Waals surface area (Å²) in [6.07, 6.45) is 6.70. The number of aliphatic hydroxyl groups is 1. The lowest BCUT2D eigenvalue weighted by atomic mass is 10.1. The number of carbonyl (C=O) groups is 1. The van der Waals surface area contributed by atoms with E-state index in [4.69, 9.17) is 5.11 Å². The van der Waals surface area contributed by atoms with Gasteiger partial charge < -0.3 is 20.4 Å². The minimum Gasteiger partial charge on any atom is -0.508 e. The van der Waals surface area contributed by atoms with Crippen molar-refractivity contribution in [3.63, 3.8) is 0 Å². The van der Waals surface area contributed by atoms with Crippen LogP contribution in [-0.4, -0.2) is 26.2 Å². The van der Waals surface area contributed by atoms with E-state index in [1.54, 1.807) is 24.3 Å². The van der Waals surface area contributed by atoms with Crippen LogP contribution in [0.2, 0.25) is 0 Å². The average Bonchev–Trinajstić information content (AvgIpc) is 2.55. The van der Waals surface area contributed by atoms with Gasteiger partial charge in [0.1, 0.15) is 11.5 Å². The Hall–Kier alpha value is -3.47. The van der Waals surface area contributed by atoms with Crippen molar-refractivity contribution in [3.8, 4) is 17.2 Å². The molecule has 0 unspecified atom stereocenters. The predicted molar refractivity (Wildman–Crippen MR) is 91.7 cm³/mol. The van der Waals surface area contributed by atoms with Gasteiger partial charge in [0.25, 0.3) is 0 Å². The Morgan fingerprint density at radius 2 is 1.42 bits per heavy atom. The summed E-state index contributed by atoms with van der Waals surface area (Å²) < 4.78 is 0. The zero-order chi connectivity index (χ0) is 17.5. The molecule has 2 rings (SSSR count). The largest absolute Gasteiger partial charge is 0.508 e. The van der Waals surface area contributed by atoms with E-state index in [1.165, 1.54) is 42.5 Å². The highest BCUT2D eigenvalue weighted by Gasteiger charge is 1.99. The lowest BCUT2D eigenvalue weighted by Crippen LogP contribution is -1.88. The van der Waals surface area contributed by atoms with Crippen LogP contribution in [0.3, 0.4) is 0 Å². The topological polar surface area (TPSA) is 98.0 Å². The SMILES string of the molecule is O=C(/C=C(O)/C=C/c1ccc(O)c(O)c1)/C=C/c1ccc(O)cc1. The standard InChI is InChI=1S/C19H16O5/c20-15-6-1-13(2-7-15)3-8-16(21)12-17(22)9-4-14-5-10-18(23)19(24)11-14/h1-12,20,22-24H/b8-3+,9-4+,17-12-. The summed E-state index contributed by atoms with van der Waals surface area (Å²) in [4.78, 5) is 11.7. The molecule has 24 heavy (non-hydrogen) atoms. The van der Waals surface area contributed by atoms with Crippen LogP contribution in [0.1, 0.15) is 11.1 Å². The molecule has 4 N–H and O–H groups in total. The minimum atomic E-state index is -0.404. The first kappa shape index (κ1) is 16.9. The minimum absolute atomic E-state index is 0.140. The highest BCUT2D eigenvalue weighted by Crippen LogP contribution is 2.25. The fourth-order valence-electron chi connectivity index (χ4n) is 1.83. The van der Waals surface area contributed by atoms with Crippen molar-refractivity contribution in [1.82, 2.24) is 0 Å². The van der Waals surface area contributed by atoms with Crippen LogP contribution >= 0.6 is 0 Å². The number of aromatic hydroxyl groups is 3. The molecule has 2 aromatic rings. The summed E-state index contributed by atoms with van der Waals surface area (Å²) in [7, 11) is 0. The first-order chi connectivity index (χ1) is 11.4. The van der Waals surface area contributed by atoms with Crippen molar-refractivity contribution in [2.24, 2.45) is 0 Å². The van der Waals surface area contributed by atoms with Gasteiger partial charge in [0.05, 0.1) is 0 Å². The van der Waals surface area contributed by atoms with E-state index < -0.39 is 5.78 Å². The molecule has 2 aromatic carbocycles. The third-order valence-corrected chi connectivity index (χ3v) is 3.07. The van der Waals surface area contributed by atoms with Crippen LogP contribution in [0.5, 0.6) is 17.2 Å². The Kier molecular flexibility index (Phi) is 5.41. The normalized spacial score (nSPS) is 12.1. The third-order valence-electron chi connectivity index (χ3n) is 3.07. The molecule has 0 bridgehead atoms. The van der Waals surface area contributed by atoms with E-state index in [0.717, 1.165) is 11.6 Å². The summed E-state index contributed by atoms with van der Waals surface area (Å²) >= 11 is 0. The van der Waals surface area contributed by atoms with Crippen molar-refractivity contribution in [1.29, 1.82) is 0 Å². The molecule has 0 fully saturated rings. The van der Waals surface area contributed by atoms with Crippen molar-refractivity contribution in [3.05, 3.63) is 77.6 Å². The molecular weight excluding hydrogens is 308 g/mol. The Labute approximate surface area is 138 Å². The van der Waals surface area contributed by atoms with Crippen LogP contribution in [0, 0.1) is 0 Å². The molecule has 0 aromatic heterocycles. The molecule has 5 heteroatoms. The molecule has 0 aliphatic rings. The Morgan fingerprint density at radius 1 is 0.792 bits per heavy atom. The smallest absolute Gasteiger partial charge is 0.182 e. The zero-order valence-corrected chi connectivity index (χ0v) is 12.6. The Bertz CT molecular complexity index is 814. The van der Waals surface area contributed by atoms with Gasteiger partial charge in [-0.2, -0.15) is 0 Å². The van der Waals surface area contributed by atoms with Gasteiger partial charge in [-0.1, -0.05) is 30.4 Å². The first-order valence-corrected chi connectivity index (χ1v) is 7.06. The number of hydrogen-bond donors (Lipinski definition) is 4. The van der Waals surface area contributed by atoms with Crippen molar-refractivity contribution in [2.75, 3.05) is 0 Å². The second kappa shape index (κ2) is 7.69. The summed E-state index contributed by atoms with van der Waals surface area (Å²) in [5.74, 6) is -1.02. The van der Waals surface area contributed by atoms with Gasteiger partial charge in [-0.25, -0.2) is 0 Å². The van der Waals surface area contributed by atoms with Gasteiger partial charge in [-0.3, -0.25) is 4.79 Å². The number of rotatable bonds is 5. The molecule has 0 aliphatic heterocycles. The molecule has 0 saturated carbocycles. The van der Waals surface area contributed by atoms with Crippen LogP contribution in [0.25, 0.3) is 12.2 Å². The van der Waals surface area contributed by atoms with E-state index in [1.807, 2.05) is 0 Å². The van der Waals surface area contributed by atoms with E-state index in [0.29, 0.717) is 5.56 Å². The summed E-state index contributed by atoms with van der Waals surface area (Å²) in [5, 5.41) is 37.5. The highest BCUT2D eigenvalue weighted by atomic mass is 16.3. The zero-order valence-electron chi connectivity index (χ0n) is 12.6. The van der Waals surface area contributed by atoms with Crippen LogP contribution in [0.4, 0.5) is 0 Å². The van der Waals surface area contributed by atoms with E-state index >= 15 is 0 Å². The Morgan fingerprint density at radius 3 is 2.08 bits per heavy atom. The quantitative estimate of drug-likeness (QED) is 0.292.